The zero-order valence-electron chi connectivity index (χ0n) is 8.24. The summed E-state index contributed by atoms with van der Waals surface area (Å²) in [5.74, 6) is 0.0616. The summed E-state index contributed by atoms with van der Waals surface area (Å²) in [5.41, 5.74) is 1.79. The van der Waals surface area contributed by atoms with E-state index in [1.165, 1.54) is 0 Å². The highest BCUT2D eigenvalue weighted by Gasteiger charge is 2.28. The Hall–Kier alpha value is -1.06. The van der Waals surface area contributed by atoms with Gasteiger partial charge in [-0.15, -0.1) is 0 Å². The van der Waals surface area contributed by atoms with Crippen molar-refractivity contribution in [2.24, 2.45) is 0 Å². The van der Waals surface area contributed by atoms with Crippen LogP contribution in [0.25, 0.3) is 0 Å². The number of hydrogen-bond acceptors (Lipinski definition) is 2. The van der Waals surface area contributed by atoms with Crippen molar-refractivity contribution in [2.75, 3.05) is 18.1 Å². The van der Waals surface area contributed by atoms with Gasteiger partial charge in [-0.3, -0.25) is 4.79 Å². The number of carbonyl (C=O) groups is 1. The Balaban J connectivity index is 2.31. The number of hydrogen-bond donors (Lipinski definition) is 1. The zero-order chi connectivity index (χ0) is 10.8. The van der Waals surface area contributed by atoms with Crippen LogP contribution in [0.5, 0.6) is 0 Å². The van der Waals surface area contributed by atoms with Crippen LogP contribution >= 0.6 is 11.6 Å². The summed E-state index contributed by atoms with van der Waals surface area (Å²) in [6.45, 7) is 0.621. The second kappa shape index (κ2) is 4.21. The van der Waals surface area contributed by atoms with Gasteiger partial charge in [0.2, 0.25) is 5.91 Å². The van der Waals surface area contributed by atoms with E-state index < -0.39 is 0 Å². The number of halogens is 1. The first-order chi connectivity index (χ1) is 7.24. The maximum Gasteiger partial charge on any atom is 0.231 e. The van der Waals surface area contributed by atoms with E-state index in [9.17, 15) is 4.79 Å². The molecule has 0 unspecified atom stereocenters. The Morgan fingerprint density at radius 3 is 3.00 bits per heavy atom. The molecule has 1 aliphatic heterocycles. The number of aliphatic hydroxyl groups excluding tert-OH is 1. The summed E-state index contributed by atoms with van der Waals surface area (Å²) in [4.78, 5) is 13.3. The molecule has 0 fully saturated rings. The average molecular weight is 226 g/mol. The molecule has 1 heterocycles. The van der Waals surface area contributed by atoms with Crippen LogP contribution in [0.2, 0.25) is 5.02 Å². The van der Waals surface area contributed by atoms with Gasteiger partial charge in [-0.1, -0.05) is 23.7 Å². The summed E-state index contributed by atoms with van der Waals surface area (Å²) >= 11 is 6.05. The molecule has 1 aromatic carbocycles. The van der Waals surface area contributed by atoms with Crippen LogP contribution < -0.4 is 4.90 Å². The van der Waals surface area contributed by atoms with Crippen molar-refractivity contribution in [3.8, 4) is 0 Å². The average Bonchev–Trinajstić information content (AvgIpc) is 2.53. The second-order valence-corrected chi connectivity index (χ2v) is 3.95. The topological polar surface area (TPSA) is 40.5 Å². The van der Waals surface area contributed by atoms with Crippen molar-refractivity contribution in [1.82, 2.24) is 0 Å². The van der Waals surface area contributed by atoms with E-state index in [0.29, 0.717) is 24.4 Å². The van der Waals surface area contributed by atoms with Crippen LogP contribution in [0, 0.1) is 0 Å². The minimum Gasteiger partial charge on any atom is -0.396 e. The SMILES string of the molecule is O=C1Cc2cccc(Cl)c2N1CCCO. The van der Waals surface area contributed by atoms with Gasteiger partial charge in [-0.05, 0) is 18.1 Å². The molecule has 0 saturated carbocycles. The fraction of sp³-hybridized carbons (Fsp3) is 0.364. The van der Waals surface area contributed by atoms with E-state index in [4.69, 9.17) is 16.7 Å². The fourth-order valence-corrected chi connectivity index (χ4v) is 2.15. The van der Waals surface area contributed by atoms with Crippen molar-refractivity contribution >= 4 is 23.2 Å². The van der Waals surface area contributed by atoms with Crippen molar-refractivity contribution in [1.29, 1.82) is 0 Å². The molecule has 3 nitrogen and oxygen atoms in total. The highest BCUT2D eigenvalue weighted by Crippen LogP contribution is 2.35. The molecule has 1 N–H and O–H groups in total. The third-order valence-corrected chi connectivity index (χ3v) is 2.83. The maximum atomic E-state index is 11.7. The fourth-order valence-electron chi connectivity index (χ4n) is 1.85. The number of benzene rings is 1. The summed E-state index contributed by atoms with van der Waals surface area (Å²) in [5, 5.41) is 9.37. The Morgan fingerprint density at radius 1 is 1.47 bits per heavy atom. The molecule has 1 aromatic rings. The van der Waals surface area contributed by atoms with Gasteiger partial charge < -0.3 is 10.0 Å². The van der Waals surface area contributed by atoms with Crippen LogP contribution in [0.4, 0.5) is 5.69 Å². The van der Waals surface area contributed by atoms with Gasteiger partial charge in [0.15, 0.2) is 0 Å². The van der Waals surface area contributed by atoms with E-state index in [1.807, 2.05) is 12.1 Å². The van der Waals surface area contributed by atoms with Gasteiger partial charge >= 0.3 is 0 Å². The van der Waals surface area contributed by atoms with Crippen LogP contribution in [0.15, 0.2) is 18.2 Å². The molecule has 0 bridgehead atoms. The summed E-state index contributed by atoms with van der Waals surface area (Å²) < 4.78 is 0. The summed E-state index contributed by atoms with van der Waals surface area (Å²) in [7, 11) is 0. The molecular formula is C11H12ClNO2. The largest absolute Gasteiger partial charge is 0.396 e. The number of carbonyl (C=O) groups excluding carboxylic acids is 1. The number of amides is 1. The summed E-state index contributed by atoms with van der Waals surface area (Å²) in [6.07, 6.45) is 0.998. The van der Waals surface area contributed by atoms with E-state index in [2.05, 4.69) is 0 Å². The molecule has 0 radical (unpaired) electrons. The van der Waals surface area contributed by atoms with Gasteiger partial charge in [0.05, 0.1) is 17.1 Å². The molecule has 0 spiro atoms. The second-order valence-electron chi connectivity index (χ2n) is 3.55. The molecule has 4 heteroatoms. The Labute approximate surface area is 93.3 Å². The lowest BCUT2D eigenvalue weighted by molar-refractivity contribution is -0.117. The quantitative estimate of drug-likeness (QED) is 0.849. The number of aliphatic hydroxyl groups is 1. The Kier molecular flexibility index (Phi) is 2.93. The summed E-state index contributed by atoms with van der Waals surface area (Å²) in [6, 6.07) is 5.55. The van der Waals surface area contributed by atoms with Gasteiger partial charge in [0, 0.05) is 13.2 Å². The minimum absolute atomic E-state index is 0.0616. The molecule has 80 valence electrons. The number of rotatable bonds is 3. The molecule has 0 saturated heterocycles. The molecule has 0 aliphatic carbocycles. The molecule has 1 aliphatic rings. The lowest BCUT2D eigenvalue weighted by Gasteiger charge is -2.17. The van der Waals surface area contributed by atoms with Crippen LogP contribution in [0.3, 0.4) is 0 Å². The van der Waals surface area contributed by atoms with Gasteiger partial charge in [-0.25, -0.2) is 0 Å². The first-order valence-electron chi connectivity index (χ1n) is 4.92. The van der Waals surface area contributed by atoms with Crippen LogP contribution in [-0.4, -0.2) is 24.2 Å². The Morgan fingerprint density at radius 2 is 2.27 bits per heavy atom. The van der Waals surface area contributed by atoms with E-state index in [-0.39, 0.29) is 12.5 Å². The molecule has 2 rings (SSSR count). The van der Waals surface area contributed by atoms with Gasteiger partial charge in [-0.2, -0.15) is 0 Å². The smallest absolute Gasteiger partial charge is 0.231 e. The zero-order valence-corrected chi connectivity index (χ0v) is 9.00. The monoisotopic (exact) mass is 225 g/mol. The third-order valence-electron chi connectivity index (χ3n) is 2.52. The van der Waals surface area contributed by atoms with Gasteiger partial charge in [0.25, 0.3) is 0 Å². The molecule has 0 aromatic heterocycles. The lowest BCUT2D eigenvalue weighted by Crippen LogP contribution is -2.28. The van der Waals surface area contributed by atoms with Crippen molar-refractivity contribution in [3.05, 3.63) is 28.8 Å². The number of anilines is 1. The predicted octanol–water partition coefficient (Wildman–Crippen LogP) is 1.61. The van der Waals surface area contributed by atoms with Crippen molar-refractivity contribution < 1.29 is 9.90 Å². The highest BCUT2D eigenvalue weighted by atomic mass is 35.5. The van der Waals surface area contributed by atoms with E-state index >= 15 is 0 Å². The molecular weight excluding hydrogens is 214 g/mol. The van der Waals surface area contributed by atoms with Crippen molar-refractivity contribution in [3.63, 3.8) is 0 Å². The van der Waals surface area contributed by atoms with Gasteiger partial charge in [0.1, 0.15) is 0 Å². The van der Waals surface area contributed by atoms with Crippen LogP contribution in [-0.2, 0) is 11.2 Å². The highest BCUT2D eigenvalue weighted by molar-refractivity contribution is 6.34. The minimum atomic E-state index is 0.0616. The van der Waals surface area contributed by atoms with E-state index in [0.717, 1.165) is 11.3 Å². The maximum absolute atomic E-state index is 11.7. The number of nitrogens with zero attached hydrogens (tertiary/aromatic N) is 1. The number of para-hydroxylation sites is 1. The van der Waals surface area contributed by atoms with Crippen molar-refractivity contribution in [2.45, 2.75) is 12.8 Å². The first-order valence-corrected chi connectivity index (χ1v) is 5.30. The van der Waals surface area contributed by atoms with Crippen LogP contribution in [0.1, 0.15) is 12.0 Å². The third kappa shape index (κ3) is 1.85. The molecule has 15 heavy (non-hydrogen) atoms. The predicted molar refractivity (Wildman–Crippen MR) is 59.2 cm³/mol. The van der Waals surface area contributed by atoms with E-state index in [1.54, 1.807) is 11.0 Å². The molecule has 1 amide bonds. The lowest BCUT2D eigenvalue weighted by atomic mass is 10.2. The molecule has 0 atom stereocenters. The number of fused-ring (bicyclic) bond motifs is 1. The Bertz CT molecular complexity index is 392. The standard InChI is InChI=1S/C11H12ClNO2/c12-9-4-1-3-8-7-10(15)13(11(8)9)5-2-6-14/h1,3-4,14H,2,5-7H2. The normalized spacial score (nSPS) is 14.5. The first kappa shape index (κ1) is 10.5.